The van der Waals surface area contributed by atoms with Crippen molar-refractivity contribution in [3.05, 3.63) is 77.8 Å². The second-order valence-electron chi connectivity index (χ2n) is 7.69. The second kappa shape index (κ2) is 7.60. The number of pyridine rings is 1. The monoisotopic (exact) mass is 403 g/mol. The van der Waals surface area contributed by atoms with Crippen LogP contribution in [0.25, 0.3) is 17.1 Å². The lowest BCUT2D eigenvalue weighted by Gasteiger charge is -2.18. The summed E-state index contributed by atoms with van der Waals surface area (Å²) in [6, 6.07) is 11.9. The Morgan fingerprint density at radius 1 is 1.10 bits per heavy atom. The van der Waals surface area contributed by atoms with Gasteiger partial charge in [0.25, 0.3) is 5.91 Å². The molecule has 0 atom stereocenters. The van der Waals surface area contributed by atoms with Gasteiger partial charge in [-0.15, -0.1) is 11.3 Å². The molecule has 146 valence electrons. The third kappa shape index (κ3) is 4.25. The standard InChI is InChI=1S/C22H21N5OS/c1-22(2,3)17-7-4-15(5-8-17)18-13-29-21(25-18)26-20(28)16-6-9-19(24-12-16)27-11-10-23-14-27/h4-14H,1-3H3,(H,25,26,28). The number of nitrogens with zero attached hydrogens (tertiary/aromatic N) is 4. The van der Waals surface area contributed by atoms with Gasteiger partial charge in [0, 0.05) is 29.5 Å². The van der Waals surface area contributed by atoms with Crippen molar-refractivity contribution in [3.8, 4) is 17.1 Å². The molecule has 4 rings (SSSR count). The molecule has 0 aliphatic heterocycles. The first-order chi connectivity index (χ1) is 13.9. The van der Waals surface area contributed by atoms with Crippen LogP contribution in [0.15, 0.2) is 66.7 Å². The van der Waals surface area contributed by atoms with Gasteiger partial charge in [-0.2, -0.15) is 0 Å². The van der Waals surface area contributed by atoms with E-state index in [0.717, 1.165) is 11.3 Å². The van der Waals surface area contributed by atoms with Crippen LogP contribution >= 0.6 is 11.3 Å². The van der Waals surface area contributed by atoms with Crippen LogP contribution in [0.2, 0.25) is 0 Å². The molecule has 0 fully saturated rings. The number of hydrogen-bond donors (Lipinski definition) is 1. The maximum absolute atomic E-state index is 12.5. The molecule has 6 nitrogen and oxygen atoms in total. The highest BCUT2D eigenvalue weighted by Crippen LogP contribution is 2.28. The van der Waals surface area contributed by atoms with Crippen LogP contribution in [0.5, 0.6) is 0 Å². The van der Waals surface area contributed by atoms with Crippen molar-refractivity contribution in [2.24, 2.45) is 0 Å². The van der Waals surface area contributed by atoms with Crippen LogP contribution in [0.3, 0.4) is 0 Å². The van der Waals surface area contributed by atoms with Crippen molar-refractivity contribution in [2.45, 2.75) is 26.2 Å². The van der Waals surface area contributed by atoms with E-state index in [4.69, 9.17) is 0 Å². The average molecular weight is 404 g/mol. The summed E-state index contributed by atoms with van der Waals surface area (Å²) in [6.45, 7) is 6.57. The Bertz CT molecular complexity index is 1110. The normalized spacial score (nSPS) is 11.4. The Hall–Kier alpha value is -3.32. The topological polar surface area (TPSA) is 72.7 Å². The lowest BCUT2D eigenvalue weighted by molar-refractivity contribution is 0.102. The molecule has 0 aliphatic carbocycles. The smallest absolute Gasteiger partial charge is 0.259 e. The first kappa shape index (κ1) is 19.0. The van der Waals surface area contributed by atoms with E-state index in [1.165, 1.54) is 16.9 Å². The molecule has 0 saturated carbocycles. The predicted octanol–water partition coefficient (Wildman–Crippen LogP) is 4.94. The lowest BCUT2D eigenvalue weighted by atomic mass is 9.86. The number of aromatic nitrogens is 4. The molecule has 29 heavy (non-hydrogen) atoms. The Morgan fingerprint density at radius 2 is 1.90 bits per heavy atom. The zero-order valence-electron chi connectivity index (χ0n) is 16.5. The van der Waals surface area contributed by atoms with Crippen LogP contribution in [0.4, 0.5) is 5.13 Å². The van der Waals surface area contributed by atoms with Gasteiger partial charge in [0.05, 0.1) is 11.3 Å². The SMILES string of the molecule is CC(C)(C)c1ccc(-c2csc(NC(=O)c3ccc(-n4ccnc4)nc3)n2)cc1. The number of carbonyl (C=O) groups excluding carboxylic acids is 1. The Morgan fingerprint density at radius 3 is 2.52 bits per heavy atom. The molecule has 0 radical (unpaired) electrons. The zero-order valence-corrected chi connectivity index (χ0v) is 17.3. The summed E-state index contributed by atoms with van der Waals surface area (Å²) in [5, 5.41) is 5.35. The summed E-state index contributed by atoms with van der Waals surface area (Å²) >= 11 is 1.40. The van der Waals surface area contributed by atoms with Crippen molar-refractivity contribution in [3.63, 3.8) is 0 Å². The summed E-state index contributed by atoms with van der Waals surface area (Å²) in [6.07, 6.45) is 6.68. The summed E-state index contributed by atoms with van der Waals surface area (Å²) in [4.78, 5) is 25.4. The largest absolute Gasteiger partial charge is 0.298 e. The molecule has 1 amide bonds. The minimum Gasteiger partial charge on any atom is -0.298 e. The Labute approximate surface area is 173 Å². The van der Waals surface area contributed by atoms with Crippen LogP contribution in [0, 0.1) is 0 Å². The van der Waals surface area contributed by atoms with Crippen molar-refractivity contribution >= 4 is 22.4 Å². The third-order valence-corrected chi connectivity index (χ3v) is 5.31. The average Bonchev–Trinajstić information content (AvgIpc) is 3.40. The molecule has 0 unspecified atom stereocenters. The van der Waals surface area contributed by atoms with E-state index >= 15 is 0 Å². The van der Waals surface area contributed by atoms with Crippen LogP contribution in [-0.4, -0.2) is 25.4 Å². The number of nitrogens with one attached hydrogen (secondary N) is 1. The van der Waals surface area contributed by atoms with E-state index in [9.17, 15) is 4.79 Å². The van der Waals surface area contributed by atoms with Gasteiger partial charge in [0.1, 0.15) is 12.1 Å². The molecular formula is C22H21N5OS. The highest BCUT2D eigenvalue weighted by atomic mass is 32.1. The first-order valence-electron chi connectivity index (χ1n) is 9.22. The highest BCUT2D eigenvalue weighted by Gasteiger charge is 2.14. The summed E-state index contributed by atoms with van der Waals surface area (Å²) in [5.41, 5.74) is 3.73. The van der Waals surface area contributed by atoms with Gasteiger partial charge in [0.15, 0.2) is 5.13 Å². The molecule has 3 heterocycles. The molecule has 0 saturated heterocycles. The molecule has 4 aromatic rings. The molecule has 0 aliphatic rings. The second-order valence-corrected chi connectivity index (χ2v) is 8.55. The van der Waals surface area contributed by atoms with E-state index in [2.05, 4.69) is 65.3 Å². The van der Waals surface area contributed by atoms with Gasteiger partial charge in [-0.25, -0.2) is 15.0 Å². The summed E-state index contributed by atoms with van der Waals surface area (Å²) in [7, 11) is 0. The van der Waals surface area contributed by atoms with Gasteiger partial charge >= 0.3 is 0 Å². The Balaban J connectivity index is 1.45. The van der Waals surface area contributed by atoms with E-state index in [0.29, 0.717) is 16.5 Å². The fourth-order valence-electron chi connectivity index (χ4n) is 2.84. The van der Waals surface area contributed by atoms with Gasteiger partial charge in [-0.05, 0) is 23.1 Å². The van der Waals surface area contributed by atoms with Gasteiger partial charge in [0.2, 0.25) is 0 Å². The summed E-state index contributed by atoms with van der Waals surface area (Å²) in [5.74, 6) is 0.466. The molecule has 3 aromatic heterocycles. The zero-order chi connectivity index (χ0) is 20.4. The minimum absolute atomic E-state index is 0.112. The number of amides is 1. The Kier molecular flexibility index (Phi) is 4.98. The van der Waals surface area contributed by atoms with E-state index in [1.54, 1.807) is 41.6 Å². The van der Waals surface area contributed by atoms with Crippen LogP contribution in [-0.2, 0) is 5.41 Å². The fourth-order valence-corrected chi connectivity index (χ4v) is 3.56. The third-order valence-electron chi connectivity index (χ3n) is 4.55. The quantitative estimate of drug-likeness (QED) is 0.524. The lowest BCUT2D eigenvalue weighted by Crippen LogP contribution is -2.12. The molecule has 7 heteroatoms. The van der Waals surface area contributed by atoms with E-state index in [1.807, 2.05) is 5.38 Å². The van der Waals surface area contributed by atoms with Crippen molar-refractivity contribution in [1.82, 2.24) is 19.5 Å². The van der Waals surface area contributed by atoms with Crippen LogP contribution in [0.1, 0.15) is 36.7 Å². The summed E-state index contributed by atoms with van der Waals surface area (Å²) < 4.78 is 1.78. The molecule has 1 N–H and O–H groups in total. The maximum Gasteiger partial charge on any atom is 0.259 e. The number of thiazole rings is 1. The molecule has 0 bridgehead atoms. The first-order valence-corrected chi connectivity index (χ1v) is 10.1. The minimum atomic E-state index is -0.237. The van der Waals surface area contributed by atoms with Crippen molar-refractivity contribution in [1.29, 1.82) is 0 Å². The number of rotatable bonds is 4. The number of benzene rings is 1. The number of hydrogen-bond acceptors (Lipinski definition) is 5. The van der Waals surface area contributed by atoms with Gasteiger partial charge in [-0.3, -0.25) is 14.7 Å². The van der Waals surface area contributed by atoms with Crippen LogP contribution < -0.4 is 5.32 Å². The fraction of sp³-hybridized carbons (Fsp3) is 0.182. The number of anilines is 1. The van der Waals surface area contributed by atoms with Crippen molar-refractivity contribution in [2.75, 3.05) is 5.32 Å². The predicted molar refractivity (Wildman–Crippen MR) is 116 cm³/mol. The van der Waals surface area contributed by atoms with Crippen molar-refractivity contribution < 1.29 is 4.79 Å². The molecular weight excluding hydrogens is 382 g/mol. The van der Waals surface area contributed by atoms with Gasteiger partial charge < -0.3 is 0 Å². The number of carbonyl (C=O) groups is 1. The molecule has 1 aromatic carbocycles. The van der Waals surface area contributed by atoms with E-state index in [-0.39, 0.29) is 11.3 Å². The van der Waals surface area contributed by atoms with E-state index < -0.39 is 0 Å². The molecule has 0 spiro atoms. The van der Waals surface area contributed by atoms with Gasteiger partial charge in [-0.1, -0.05) is 45.0 Å². The number of imidazole rings is 1. The maximum atomic E-state index is 12.5. The highest BCUT2D eigenvalue weighted by molar-refractivity contribution is 7.14.